The molecule has 3 unspecified atom stereocenters. The molecular weight excluding hydrogens is 328 g/mol. The molecule has 4 heteroatoms. The number of ketones is 1. The van der Waals surface area contributed by atoms with Crippen molar-refractivity contribution in [3.63, 3.8) is 0 Å². The molecule has 146 valence electrons. The van der Waals surface area contributed by atoms with Gasteiger partial charge in [-0.25, -0.2) is 4.89 Å². The molecule has 5 rings (SSSR count). The highest BCUT2D eigenvalue weighted by molar-refractivity contribution is 5.79. The van der Waals surface area contributed by atoms with Gasteiger partial charge >= 0.3 is 0 Å². The topological polar surface area (TPSA) is 58.6 Å². The van der Waals surface area contributed by atoms with Crippen LogP contribution in [0.25, 0.3) is 0 Å². The Kier molecular flexibility index (Phi) is 3.76. The number of hydrogen-bond acceptors (Lipinski definition) is 4. The standard InChI is InChI=1S/C22H34O4/c1-13(23)17-4-5-18-16-10-14-11-22(14)12-15(25-26-24)6-9-21(22,3)19(16)7-8-20(17,18)2/h14-19,24H,4-12H2,1-3H3/p-1/t14-,15-,16?,17+,18?,19?,20+,21+,22-/m0/s1. The van der Waals surface area contributed by atoms with Crippen LogP contribution in [-0.4, -0.2) is 11.9 Å². The number of carbonyl (C=O) groups excluding carboxylic acids is 1. The SMILES string of the molecule is CC(=O)[C@H]1CCC2C3C[C@H]4C[C@]45C[C@@H](OO[O-])CC[C@]5(C)C3CC[C@@]21C. The molecule has 0 aromatic heterocycles. The molecule has 9 atom stereocenters. The van der Waals surface area contributed by atoms with E-state index in [4.69, 9.17) is 4.89 Å². The maximum absolute atomic E-state index is 12.3. The summed E-state index contributed by atoms with van der Waals surface area (Å²) in [5, 5.41) is 14.3. The van der Waals surface area contributed by atoms with Crippen LogP contribution < -0.4 is 5.26 Å². The average molecular weight is 362 g/mol. The van der Waals surface area contributed by atoms with E-state index in [2.05, 4.69) is 18.9 Å². The molecule has 0 aromatic rings. The van der Waals surface area contributed by atoms with E-state index in [1.807, 2.05) is 6.92 Å². The maximum atomic E-state index is 12.3. The Hall–Kier alpha value is -0.450. The van der Waals surface area contributed by atoms with Gasteiger partial charge in [0, 0.05) is 5.92 Å². The summed E-state index contributed by atoms with van der Waals surface area (Å²) in [5.74, 6) is 3.85. The van der Waals surface area contributed by atoms with Gasteiger partial charge in [0.15, 0.2) is 0 Å². The van der Waals surface area contributed by atoms with E-state index in [0.717, 1.165) is 49.4 Å². The summed E-state index contributed by atoms with van der Waals surface area (Å²) in [7, 11) is 0. The number of carbonyl (C=O) groups is 1. The van der Waals surface area contributed by atoms with Gasteiger partial charge in [0.25, 0.3) is 0 Å². The van der Waals surface area contributed by atoms with Gasteiger partial charge in [0.05, 0.1) is 6.10 Å². The minimum Gasteiger partial charge on any atom is -0.692 e. The lowest BCUT2D eigenvalue weighted by Crippen LogP contribution is -2.55. The molecular formula is C22H33O4-. The van der Waals surface area contributed by atoms with Crippen molar-refractivity contribution in [1.29, 1.82) is 0 Å². The van der Waals surface area contributed by atoms with Gasteiger partial charge in [-0.3, -0.25) is 9.83 Å². The first-order chi connectivity index (χ1) is 12.4. The predicted octanol–water partition coefficient (Wildman–Crippen LogP) is 3.83. The first kappa shape index (κ1) is 17.6. The third kappa shape index (κ3) is 2.04. The Morgan fingerprint density at radius 3 is 2.58 bits per heavy atom. The molecule has 0 aliphatic heterocycles. The third-order valence-electron chi connectivity index (χ3n) is 10.4. The van der Waals surface area contributed by atoms with Gasteiger partial charge < -0.3 is 5.26 Å². The number of fused-ring (bicyclic) bond motifs is 4. The van der Waals surface area contributed by atoms with E-state index in [0.29, 0.717) is 22.5 Å². The van der Waals surface area contributed by atoms with Crippen molar-refractivity contribution in [3.05, 3.63) is 0 Å². The number of rotatable bonds is 3. The van der Waals surface area contributed by atoms with Crippen LogP contribution >= 0.6 is 0 Å². The molecule has 0 bridgehead atoms. The Balaban J connectivity index is 1.44. The van der Waals surface area contributed by atoms with Crippen LogP contribution in [0.5, 0.6) is 0 Å². The quantitative estimate of drug-likeness (QED) is 0.566. The zero-order valence-corrected chi connectivity index (χ0v) is 16.5. The molecule has 1 spiro atoms. The van der Waals surface area contributed by atoms with Gasteiger partial charge in [0.1, 0.15) is 5.78 Å². The lowest BCUT2D eigenvalue weighted by molar-refractivity contribution is -0.805. The van der Waals surface area contributed by atoms with Crippen LogP contribution in [0.15, 0.2) is 0 Å². The second-order valence-electron chi connectivity index (χ2n) is 10.9. The Morgan fingerprint density at radius 1 is 1.04 bits per heavy atom. The van der Waals surface area contributed by atoms with E-state index in [1.165, 1.54) is 32.1 Å². The van der Waals surface area contributed by atoms with Crippen molar-refractivity contribution in [2.45, 2.75) is 84.7 Å². The fourth-order valence-electron chi connectivity index (χ4n) is 9.19. The van der Waals surface area contributed by atoms with E-state index in [9.17, 15) is 10.1 Å². The third-order valence-corrected chi connectivity index (χ3v) is 10.4. The Bertz CT molecular complexity index is 619. The van der Waals surface area contributed by atoms with Crippen LogP contribution in [0.3, 0.4) is 0 Å². The molecule has 0 aromatic carbocycles. The fourth-order valence-corrected chi connectivity index (χ4v) is 9.19. The molecule has 0 saturated heterocycles. The molecule has 5 aliphatic carbocycles. The second kappa shape index (κ2) is 5.55. The highest BCUT2D eigenvalue weighted by Crippen LogP contribution is 2.80. The Morgan fingerprint density at radius 2 is 1.85 bits per heavy atom. The average Bonchev–Trinajstić information content (AvgIpc) is 3.16. The van der Waals surface area contributed by atoms with E-state index in [-0.39, 0.29) is 11.5 Å². The van der Waals surface area contributed by atoms with Crippen molar-refractivity contribution >= 4 is 5.78 Å². The zero-order valence-electron chi connectivity index (χ0n) is 16.5. The first-order valence-corrected chi connectivity index (χ1v) is 10.8. The summed E-state index contributed by atoms with van der Waals surface area (Å²) in [5.41, 5.74) is 1.02. The molecule has 0 N–H and O–H groups in total. The van der Waals surface area contributed by atoms with Crippen LogP contribution in [0.4, 0.5) is 0 Å². The molecule has 0 amide bonds. The number of hydrogen-bond donors (Lipinski definition) is 0. The van der Waals surface area contributed by atoms with Gasteiger partial charge in [-0.2, -0.15) is 0 Å². The van der Waals surface area contributed by atoms with Crippen molar-refractivity contribution in [2.75, 3.05) is 0 Å². The first-order valence-electron chi connectivity index (χ1n) is 10.8. The highest BCUT2D eigenvalue weighted by atomic mass is 17.5. The highest BCUT2D eigenvalue weighted by Gasteiger charge is 2.74. The van der Waals surface area contributed by atoms with Crippen molar-refractivity contribution in [2.24, 2.45) is 45.8 Å². The van der Waals surface area contributed by atoms with E-state index in [1.54, 1.807) is 0 Å². The normalized spacial score (nSPS) is 57.5. The lowest BCUT2D eigenvalue weighted by atomic mass is 9.44. The summed E-state index contributed by atoms with van der Waals surface area (Å²) in [6.07, 6.45) is 10.7. The van der Waals surface area contributed by atoms with Gasteiger partial charge in [-0.15, -0.1) is 0 Å². The predicted molar refractivity (Wildman–Crippen MR) is 94.3 cm³/mol. The molecule has 0 radical (unpaired) electrons. The lowest BCUT2D eigenvalue weighted by Gasteiger charge is -2.61. The summed E-state index contributed by atoms with van der Waals surface area (Å²) < 4.78 is 0. The smallest absolute Gasteiger partial charge is 0.133 e. The van der Waals surface area contributed by atoms with Crippen LogP contribution in [0.2, 0.25) is 0 Å². The summed E-state index contributed by atoms with van der Waals surface area (Å²) in [4.78, 5) is 17.3. The second-order valence-corrected chi connectivity index (χ2v) is 10.9. The van der Waals surface area contributed by atoms with Gasteiger partial charge in [0.2, 0.25) is 0 Å². The van der Waals surface area contributed by atoms with Crippen molar-refractivity contribution < 1.29 is 20.0 Å². The van der Waals surface area contributed by atoms with Crippen LogP contribution in [0, 0.1) is 45.8 Å². The molecule has 4 nitrogen and oxygen atoms in total. The minimum absolute atomic E-state index is 0.00967. The Labute approximate surface area is 156 Å². The van der Waals surface area contributed by atoms with E-state index >= 15 is 0 Å². The van der Waals surface area contributed by atoms with E-state index < -0.39 is 0 Å². The molecule has 5 fully saturated rings. The summed E-state index contributed by atoms with van der Waals surface area (Å²) >= 11 is 0. The van der Waals surface area contributed by atoms with Crippen molar-refractivity contribution in [1.82, 2.24) is 0 Å². The van der Waals surface area contributed by atoms with Crippen LogP contribution in [-0.2, 0) is 14.7 Å². The molecule has 0 heterocycles. The molecule has 5 aliphatic rings. The fraction of sp³-hybridized carbons (Fsp3) is 0.955. The largest absolute Gasteiger partial charge is 0.692 e. The zero-order chi connectivity index (χ0) is 18.3. The minimum atomic E-state index is -0.00967. The van der Waals surface area contributed by atoms with Gasteiger partial charge in [-0.05, 0) is 105 Å². The molecule has 5 saturated carbocycles. The summed E-state index contributed by atoms with van der Waals surface area (Å²) in [6.45, 7) is 6.80. The van der Waals surface area contributed by atoms with Crippen LogP contribution in [0.1, 0.15) is 78.6 Å². The maximum Gasteiger partial charge on any atom is 0.133 e. The monoisotopic (exact) mass is 361 g/mol. The van der Waals surface area contributed by atoms with Gasteiger partial charge in [-0.1, -0.05) is 13.8 Å². The van der Waals surface area contributed by atoms with Crippen molar-refractivity contribution in [3.8, 4) is 0 Å². The summed E-state index contributed by atoms with van der Waals surface area (Å²) in [6, 6.07) is 0. The number of Topliss-reactive ketones (excluding diaryl/α,β-unsaturated/α-hetero) is 1. The molecule has 26 heavy (non-hydrogen) atoms.